The van der Waals surface area contributed by atoms with Crippen molar-refractivity contribution < 1.29 is 4.79 Å². The molecule has 2 aromatic heterocycles. The van der Waals surface area contributed by atoms with Crippen molar-refractivity contribution in [2.45, 2.75) is 13.0 Å². The lowest BCUT2D eigenvalue weighted by Gasteiger charge is -2.03. The van der Waals surface area contributed by atoms with Gasteiger partial charge in [-0.3, -0.25) is 9.78 Å². The van der Waals surface area contributed by atoms with E-state index in [1.807, 2.05) is 47.8 Å². The van der Waals surface area contributed by atoms with Crippen LogP contribution in [-0.4, -0.2) is 15.9 Å². The Kier molecular flexibility index (Phi) is 5.15. The largest absolute Gasteiger partial charge is 0.350 e. The third-order valence-electron chi connectivity index (χ3n) is 3.18. The Hall–Kier alpha value is -2.05. The van der Waals surface area contributed by atoms with Crippen molar-refractivity contribution >= 4 is 33.2 Å². The van der Waals surface area contributed by atoms with Gasteiger partial charge < -0.3 is 5.32 Å². The highest BCUT2D eigenvalue weighted by atomic mass is 79.9. The molecule has 0 aliphatic carbocycles. The summed E-state index contributed by atoms with van der Waals surface area (Å²) < 4.78 is 1.01. The molecule has 0 fully saturated rings. The second kappa shape index (κ2) is 7.48. The van der Waals surface area contributed by atoms with Crippen molar-refractivity contribution in [2.24, 2.45) is 0 Å². The van der Waals surface area contributed by atoms with Crippen LogP contribution in [0, 0.1) is 0 Å². The minimum atomic E-state index is -0.0142. The first-order valence-electron chi connectivity index (χ1n) is 7.07. The molecule has 6 heteroatoms. The Morgan fingerprint density at radius 3 is 2.74 bits per heavy atom. The van der Waals surface area contributed by atoms with E-state index in [1.165, 1.54) is 11.3 Å². The Labute approximate surface area is 146 Å². The van der Waals surface area contributed by atoms with Crippen LogP contribution in [0.2, 0.25) is 0 Å². The number of aromatic nitrogens is 2. The number of pyridine rings is 1. The van der Waals surface area contributed by atoms with Crippen molar-refractivity contribution in [3.63, 3.8) is 0 Å². The molecule has 0 saturated carbocycles. The van der Waals surface area contributed by atoms with E-state index in [9.17, 15) is 4.79 Å². The van der Waals surface area contributed by atoms with Crippen molar-refractivity contribution in [3.05, 3.63) is 69.8 Å². The van der Waals surface area contributed by atoms with Gasteiger partial charge in [-0.2, -0.15) is 0 Å². The quantitative estimate of drug-likeness (QED) is 0.723. The van der Waals surface area contributed by atoms with Crippen LogP contribution in [0.25, 0.3) is 10.7 Å². The minimum Gasteiger partial charge on any atom is -0.350 e. The highest BCUT2D eigenvalue weighted by Crippen LogP contribution is 2.21. The molecular weight excluding hydrogens is 374 g/mol. The fourth-order valence-corrected chi connectivity index (χ4v) is 3.09. The van der Waals surface area contributed by atoms with Crippen LogP contribution in [0.5, 0.6) is 0 Å². The summed E-state index contributed by atoms with van der Waals surface area (Å²) in [6.45, 7) is 0.429. The first kappa shape index (κ1) is 15.8. The molecule has 23 heavy (non-hydrogen) atoms. The lowest BCUT2D eigenvalue weighted by molar-refractivity contribution is -0.120. The molecule has 2 heterocycles. The van der Waals surface area contributed by atoms with Crippen molar-refractivity contribution in [2.75, 3.05) is 0 Å². The molecule has 1 aromatic carbocycles. The second-order valence-corrected chi connectivity index (χ2v) is 6.71. The van der Waals surface area contributed by atoms with E-state index in [0.717, 1.165) is 26.4 Å². The van der Waals surface area contributed by atoms with Gasteiger partial charge in [0, 0.05) is 16.0 Å². The number of nitrogens with one attached hydrogen (secondary N) is 1. The molecule has 0 unspecified atom stereocenters. The average molecular weight is 388 g/mol. The van der Waals surface area contributed by atoms with Gasteiger partial charge >= 0.3 is 0 Å². The van der Waals surface area contributed by atoms with Crippen LogP contribution in [0.4, 0.5) is 0 Å². The number of thiazole rings is 1. The average Bonchev–Trinajstić information content (AvgIpc) is 3.05. The maximum Gasteiger partial charge on any atom is 0.224 e. The van der Waals surface area contributed by atoms with Crippen LogP contribution in [0.15, 0.2) is 58.5 Å². The Morgan fingerprint density at radius 2 is 2.00 bits per heavy atom. The van der Waals surface area contributed by atoms with E-state index in [-0.39, 0.29) is 5.91 Å². The predicted octanol–water partition coefficient (Wildman–Crippen LogP) is 3.83. The van der Waals surface area contributed by atoms with Crippen LogP contribution in [0.1, 0.15) is 11.3 Å². The summed E-state index contributed by atoms with van der Waals surface area (Å²) in [6, 6.07) is 13.5. The molecule has 116 valence electrons. The SMILES string of the molecule is O=C(Cc1ccc(Br)cc1)NCc1csc(-c2ccccn2)n1. The van der Waals surface area contributed by atoms with Gasteiger partial charge in [-0.05, 0) is 29.8 Å². The first-order valence-corrected chi connectivity index (χ1v) is 8.75. The Bertz CT molecular complexity index is 787. The number of benzene rings is 1. The molecule has 0 atom stereocenters. The smallest absolute Gasteiger partial charge is 0.224 e. The normalized spacial score (nSPS) is 10.5. The molecule has 0 saturated heterocycles. The molecular formula is C17H14BrN3OS. The molecule has 0 spiro atoms. The van der Waals surface area contributed by atoms with Crippen LogP contribution < -0.4 is 5.32 Å². The maximum atomic E-state index is 12.0. The number of hydrogen-bond acceptors (Lipinski definition) is 4. The number of amides is 1. The van der Waals surface area contributed by atoms with Gasteiger partial charge in [0.15, 0.2) is 0 Å². The van der Waals surface area contributed by atoms with Gasteiger partial charge in [-0.25, -0.2) is 4.98 Å². The topological polar surface area (TPSA) is 54.9 Å². The lowest BCUT2D eigenvalue weighted by Crippen LogP contribution is -2.24. The van der Waals surface area contributed by atoms with Gasteiger partial charge in [0.25, 0.3) is 0 Å². The Balaban J connectivity index is 1.55. The number of halogens is 1. The molecule has 0 radical (unpaired) electrons. The van der Waals surface area contributed by atoms with E-state index >= 15 is 0 Å². The molecule has 0 aliphatic rings. The molecule has 0 bridgehead atoms. The summed E-state index contributed by atoms with van der Waals surface area (Å²) in [7, 11) is 0. The zero-order valence-corrected chi connectivity index (χ0v) is 14.6. The standard InChI is InChI=1S/C17H14BrN3OS/c18-13-6-4-12(5-7-13)9-16(22)20-10-14-11-23-17(21-14)15-3-1-2-8-19-15/h1-8,11H,9-10H2,(H,20,22). The molecule has 1 N–H and O–H groups in total. The third kappa shape index (κ3) is 4.46. The summed E-state index contributed by atoms with van der Waals surface area (Å²) in [6.07, 6.45) is 2.11. The minimum absolute atomic E-state index is 0.0142. The monoisotopic (exact) mass is 387 g/mol. The molecule has 0 aliphatic heterocycles. The van der Waals surface area contributed by atoms with Crippen molar-refractivity contribution in [1.82, 2.24) is 15.3 Å². The first-order chi connectivity index (χ1) is 11.2. The summed E-state index contributed by atoms with van der Waals surface area (Å²) in [5.74, 6) is -0.0142. The third-order valence-corrected chi connectivity index (χ3v) is 4.62. The van der Waals surface area contributed by atoms with Crippen LogP contribution >= 0.6 is 27.3 Å². The number of hydrogen-bond donors (Lipinski definition) is 1. The van der Waals surface area contributed by atoms with E-state index in [2.05, 4.69) is 31.2 Å². The van der Waals surface area contributed by atoms with Crippen LogP contribution in [-0.2, 0) is 17.8 Å². The van der Waals surface area contributed by atoms with Gasteiger partial charge in [0.1, 0.15) is 5.01 Å². The van der Waals surface area contributed by atoms with E-state index in [0.29, 0.717) is 13.0 Å². The van der Waals surface area contributed by atoms with E-state index in [4.69, 9.17) is 0 Å². The number of carbonyl (C=O) groups excluding carboxylic acids is 1. The molecule has 3 aromatic rings. The maximum absolute atomic E-state index is 12.0. The summed E-state index contributed by atoms with van der Waals surface area (Å²) >= 11 is 4.91. The van der Waals surface area contributed by atoms with Gasteiger partial charge in [0.05, 0.1) is 24.4 Å². The van der Waals surface area contributed by atoms with Crippen molar-refractivity contribution in [3.8, 4) is 10.7 Å². The van der Waals surface area contributed by atoms with Gasteiger partial charge in [0.2, 0.25) is 5.91 Å². The fourth-order valence-electron chi connectivity index (χ4n) is 2.03. The zero-order chi connectivity index (χ0) is 16.1. The van der Waals surface area contributed by atoms with E-state index < -0.39 is 0 Å². The highest BCUT2D eigenvalue weighted by Gasteiger charge is 2.07. The van der Waals surface area contributed by atoms with Gasteiger partial charge in [-0.15, -0.1) is 11.3 Å². The second-order valence-electron chi connectivity index (χ2n) is 4.94. The molecule has 4 nitrogen and oxygen atoms in total. The summed E-state index contributed by atoms with van der Waals surface area (Å²) in [4.78, 5) is 20.8. The number of rotatable bonds is 5. The number of nitrogens with zero attached hydrogens (tertiary/aromatic N) is 2. The summed E-state index contributed by atoms with van der Waals surface area (Å²) in [5.41, 5.74) is 2.68. The van der Waals surface area contributed by atoms with Gasteiger partial charge in [-0.1, -0.05) is 34.1 Å². The zero-order valence-electron chi connectivity index (χ0n) is 12.2. The van der Waals surface area contributed by atoms with E-state index in [1.54, 1.807) is 6.20 Å². The molecule has 3 rings (SSSR count). The van der Waals surface area contributed by atoms with Crippen molar-refractivity contribution in [1.29, 1.82) is 0 Å². The lowest BCUT2D eigenvalue weighted by atomic mass is 10.1. The molecule has 1 amide bonds. The predicted molar refractivity (Wildman–Crippen MR) is 95.0 cm³/mol. The highest BCUT2D eigenvalue weighted by molar-refractivity contribution is 9.10. The Morgan fingerprint density at radius 1 is 1.17 bits per heavy atom. The van der Waals surface area contributed by atoms with Crippen LogP contribution in [0.3, 0.4) is 0 Å². The fraction of sp³-hybridized carbons (Fsp3) is 0.118. The summed E-state index contributed by atoms with van der Waals surface area (Å²) in [5, 5.41) is 5.71. The number of carbonyl (C=O) groups is 1.